The van der Waals surface area contributed by atoms with Crippen LogP contribution in [0.15, 0.2) is 24.3 Å². The van der Waals surface area contributed by atoms with Crippen molar-refractivity contribution in [1.29, 1.82) is 0 Å². The summed E-state index contributed by atoms with van der Waals surface area (Å²) in [5, 5.41) is 3.76. The van der Waals surface area contributed by atoms with Crippen LogP contribution in [0, 0.1) is 0 Å². The van der Waals surface area contributed by atoms with Crippen LogP contribution in [-0.4, -0.2) is 74.1 Å². The molecular formula is C20H28ClN3O3. The smallest absolute Gasteiger partial charge is 0.230 e. The molecule has 2 aliphatic heterocycles. The Kier molecular flexibility index (Phi) is 6.73. The molecule has 2 amide bonds. The van der Waals surface area contributed by atoms with Crippen molar-refractivity contribution in [3.63, 3.8) is 0 Å². The fraction of sp³-hybridized carbons (Fsp3) is 0.600. The maximum atomic E-state index is 13.2. The molecule has 0 saturated carbocycles. The molecule has 2 aliphatic rings. The summed E-state index contributed by atoms with van der Waals surface area (Å²) in [4.78, 5) is 28.7. The summed E-state index contributed by atoms with van der Waals surface area (Å²) in [6, 6.07) is 7.61. The Hall–Kier alpha value is -1.63. The summed E-state index contributed by atoms with van der Waals surface area (Å²) >= 11 is 6.42. The van der Waals surface area contributed by atoms with E-state index in [0.29, 0.717) is 37.6 Å². The molecule has 6 nitrogen and oxygen atoms in total. The molecule has 1 aromatic rings. The van der Waals surface area contributed by atoms with Gasteiger partial charge in [0.1, 0.15) is 0 Å². The summed E-state index contributed by atoms with van der Waals surface area (Å²) in [5.41, 5.74) is 0.270. The van der Waals surface area contributed by atoms with Gasteiger partial charge in [-0.1, -0.05) is 29.8 Å². The molecule has 1 aromatic carbocycles. The largest absolute Gasteiger partial charge is 0.381 e. The van der Waals surface area contributed by atoms with Gasteiger partial charge in [0.2, 0.25) is 11.8 Å². The SMILES string of the molecule is CC(=O)N1CCN(CCNC(=O)C2(c3ccccc3Cl)CCOCC2)CC1. The summed E-state index contributed by atoms with van der Waals surface area (Å²) in [6.45, 7) is 7.31. The first-order valence-electron chi connectivity index (χ1n) is 9.62. The third-order valence-electron chi connectivity index (χ3n) is 5.70. The zero-order valence-corrected chi connectivity index (χ0v) is 16.6. The molecule has 0 bridgehead atoms. The number of nitrogens with zero attached hydrogens (tertiary/aromatic N) is 2. The molecule has 7 heteroatoms. The molecule has 0 atom stereocenters. The first kappa shape index (κ1) is 20.1. The average molecular weight is 394 g/mol. The fourth-order valence-corrected chi connectivity index (χ4v) is 4.29. The third-order valence-corrected chi connectivity index (χ3v) is 6.03. The minimum Gasteiger partial charge on any atom is -0.381 e. The van der Waals surface area contributed by atoms with Crippen molar-refractivity contribution in [3.05, 3.63) is 34.9 Å². The molecule has 0 aliphatic carbocycles. The van der Waals surface area contributed by atoms with Crippen molar-refractivity contribution in [1.82, 2.24) is 15.1 Å². The van der Waals surface area contributed by atoms with E-state index < -0.39 is 5.41 Å². The van der Waals surface area contributed by atoms with Crippen LogP contribution in [0.25, 0.3) is 0 Å². The normalized spacial score (nSPS) is 20.3. The standard InChI is InChI=1S/C20H28ClN3O3/c1-16(25)24-12-10-23(11-13-24)9-8-22-19(26)20(6-14-27-15-7-20)17-4-2-3-5-18(17)21/h2-5H,6-15H2,1H3,(H,22,26). The Morgan fingerprint density at radius 3 is 2.44 bits per heavy atom. The van der Waals surface area contributed by atoms with E-state index in [1.165, 1.54) is 0 Å². The number of carbonyl (C=O) groups excluding carboxylic acids is 2. The highest BCUT2D eigenvalue weighted by Crippen LogP contribution is 2.38. The van der Waals surface area contributed by atoms with E-state index in [1.54, 1.807) is 6.92 Å². The highest BCUT2D eigenvalue weighted by Gasteiger charge is 2.42. The van der Waals surface area contributed by atoms with Crippen molar-refractivity contribution >= 4 is 23.4 Å². The van der Waals surface area contributed by atoms with Gasteiger partial charge in [0.25, 0.3) is 0 Å². The number of benzene rings is 1. The van der Waals surface area contributed by atoms with Gasteiger partial charge in [0.15, 0.2) is 0 Å². The molecule has 0 aromatic heterocycles. The number of rotatable bonds is 5. The van der Waals surface area contributed by atoms with Gasteiger partial charge in [-0.3, -0.25) is 14.5 Å². The van der Waals surface area contributed by atoms with Gasteiger partial charge in [-0.2, -0.15) is 0 Å². The number of hydrogen-bond acceptors (Lipinski definition) is 4. The van der Waals surface area contributed by atoms with Gasteiger partial charge in [-0.15, -0.1) is 0 Å². The van der Waals surface area contributed by atoms with Crippen molar-refractivity contribution in [2.45, 2.75) is 25.2 Å². The van der Waals surface area contributed by atoms with Crippen LogP contribution in [0.4, 0.5) is 0 Å². The van der Waals surface area contributed by atoms with E-state index in [1.807, 2.05) is 29.2 Å². The van der Waals surface area contributed by atoms with E-state index in [-0.39, 0.29) is 11.8 Å². The van der Waals surface area contributed by atoms with Crippen LogP contribution in [-0.2, 0) is 19.7 Å². The number of hydrogen-bond donors (Lipinski definition) is 1. The summed E-state index contributed by atoms with van der Waals surface area (Å²) in [7, 11) is 0. The monoisotopic (exact) mass is 393 g/mol. The number of piperazine rings is 1. The number of nitrogens with one attached hydrogen (secondary N) is 1. The molecule has 27 heavy (non-hydrogen) atoms. The molecule has 3 rings (SSSR count). The Balaban J connectivity index is 1.58. The van der Waals surface area contributed by atoms with Gasteiger partial charge >= 0.3 is 0 Å². The minimum absolute atomic E-state index is 0.0290. The molecule has 1 N–H and O–H groups in total. The van der Waals surface area contributed by atoms with Gasteiger partial charge in [-0.05, 0) is 24.5 Å². The van der Waals surface area contributed by atoms with Gasteiger partial charge in [0, 0.05) is 64.4 Å². The lowest BCUT2D eigenvalue weighted by Gasteiger charge is -2.37. The van der Waals surface area contributed by atoms with E-state index in [9.17, 15) is 9.59 Å². The van der Waals surface area contributed by atoms with Gasteiger partial charge < -0.3 is 15.0 Å². The summed E-state index contributed by atoms with van der Waals surface area (Å²) in [6.07, 6.45) is 1.28. The molecule has 0 radical (unpaired) electrons. The van der Waals surface area contributed by atoms with Crippen molar-refractivity contribution in [2.75, 3.05) is 52.5 Å². The molecule has 2 heterocycles. The highest BCUT2D eigenvalue weighted by molar-refractivity contribution is 6.31. The minimum atomic E-state index is -0.621. The molecule has 2 saturated heterocycles. The topological polar surface area (TPSA) is 61.9 Å². The quantitative estimate of drug-likeness (QED) is 0.826. The third kappa shape index (κ3) is 4.62. The second kappa shape index (κ2) is 9.04. The lowest BCUT2D eigenvalue weighted by molar-refractivity contribution is -0.130. The van der Waals surface area contributed by atoms with E-state index in [0.717, 1.165) is 38.3 Å². The Morgan fingerprint density at radius 1 is 1.15 bits per heavy atom. The van der Waals surface area contributed by atoms with Gasteiger partial charge in [-0.25, -0.2) is 0 Å². The van der Waals surface area contributed by atoms with Crippen LogP contribution >= 0.6 is 11.6 Å². The zero-order valence-electron chi connectivity index (χ0n) is 15.9. The Morgan fingerprint density at radius 2 is 1.81 bits per heavy atom. The van der Waals surface area contributed by atoms with Crippen LogP contribution < -0.4 is 5.32 Å². The van der Waals surface area contributed by atoms with Crippen molar-refractivity contribution < 1.29 is 14.3 Å². The predicted molar refractivity (Wildman–Crippen MR) is 105 cm³/mol. The lowest BCUT2D eigenvalue weighted by atomic mass is 9.73. The Bertz CT molecular complexity index is 668. The predicted octanol–water partition coefficient (Wildman–Crippen LogP) is 1.67. The lowest BCUT2D eigenvalue weighted by Crippen LogP contribution is -2.52. The molecule has 2 fully saturated rings. The van der Waals surface area contributed by atoms with Gasteiger partial charge in [0.05, 0.1) is 5.41 Å². The zero-order chi connectivity index (χ0) is 19.3. The first-order chi connectivity index (χ1) is 13.0. The maximum Gasteiger partial charge on any atom is 0.230 e. The van der Waals surface area contributed by atoms with E-state index in [4.69, 9.17) is 16.3 Å². The first-order valence-corrected chi connectivity index (χ1v) is 10.00. The van der Waals surface area contributed by atoms with Crippen LogP contribution in [0.1, 0.15) is 25.3 Å². The number of amides is 2. The summed E-state index contributed by atoms with van der Waals surface area (Å²) in [5.74, 6) is 0.158. The highest BCUT2D eigenvalue weighted by atomic mass is 35.5. The number of ether oxygens (including phenoxy) is 1. The molecule has 0 unspecified atom stereocenters. The van der Waals surface area contributed by atoms with Crippen molar-refractivity contribution in [2.24, 2.45) is 0 Å². The Labute approximate surface area is 165 Å². The second-order valence-electron chi connectivity index (χ2n) is 7.28. The summed E-state index contributed by atoms with van der Waals surface area (Å²) < 4.78 is 5.50. The number of carbonyl (C=O) groups is 2. The van der Waals surface area contributed by atoms with Crippen LogP contribution in [0.5, 0.6) is 0 Å². The van der Waals surface area contributed by atoms with Crippen molar-refractivity contribution in [3.8, 4) is 0 Å². The second-order valence-corrected chi connectivity index (χ2v) is 7.69. The molecule has 148 valence electrons. The van der Waals surface area contributed by atoms with E-state index in [2.05, 4.69) is 10.2 Å². The van der Waals surface area contributed by atoms with Crippen LogP contribution in [0.3, 0.4) is 0 Å². The molecule has 0 spiro atoms. The van der Waals surface area contributed by atoms with Crippen LogP contribution in [0.2, 0.25) is 5.02 Å². The average Bonchev–Trinajstić information content (AvgIpc) is 2.69. The van der Waals surface area contributed by atoms with E-state index >= 15 is 0 Å². The molecular weight excluding hydrogens is 366 g/mol. The fourth-order valence-electron chi connectivity index (χ4n) is 3.97. The number of halogens is 1. The maximum absolute atomic E-state index is 13.2.